The van der Waals surface area contributed by atoms with E-state index in [1.54, 1.807) is 12.1 Å². The second kappa shape index (κ2) is 6.91. The molecule has 1 atom stereocenters. The number of hydrogen-bond acceptors (Lipinski definition) is 4. The molecule has 1 aromatic rings. The number of ether oxygens (including phenoxy) is 2. The molecule has 1 fully saturated rings. The molecule has 6 nitrogen and oxygen atoms in total. The van der Waals surface area contributed by atoms with E-state index in [1.165, 1.54) is 7.11 Å². The number of amides is 2. The zero-order chi connectivity index (χ0) is 14.4. The molecule has 0 bridgehead atoms. The lowest BCUT2D eigenvalue weighted by Crippen LogP contribution is -2.30. The number of carbonyl (C=O) groups is 2. The molecule has 2 N–H and O–H groups in total. The van der Waals surface area contributed by atoms with Crippen molar-refractivity contribution in [1.82, 2.24) is 5.32 Å². The van der Waals surface area contributed by atoms with Crippen molar-refractivity contribution in [3.05, 3.63) is 29.8 Å². The quantitative estimate of drug-likeness (QED) is 0.875. The lowest BCUT2D eigenvalue weighted by atomic mass is 10.1. The van der Waals surface area contributed by atoms with Gasteiger partial charge in [-0.25, -0.2) is 4.79 Å². The highest BCUT2D eigenvalue weighted by Crippen LogP contribution is 2.13. The van der Waals surface area contributed by atoms with Gasteiger partial charge in [0.2, 0.25) is 5.91 Å². The molecule has 2 amide bonds. The molecule has 1 aliphatic heterocycles. The summed E-state index contributed by atoms with van der Waals surface area (Å²) in [7, 11) is 1.31. The summed E-state index contributed by atoms with van der Waals surface area (Å²) in [5.74, 6) is -0.00507. The Kier molecular flexibility index (Phi) is 4.95. The summed E-state index contributed by atoms with van der Waals surface area (Å²) in [4.78, 5) is 22.8. The van der Waals surface area contributed by atoms with Crippen molar-refractivity contribution in [1.29, 1.82) is 0 Å². The Morgan fingerprint density at radius 3 is 2.70 bits per heavy atom. The molecule has 0 saturated carbocycles. The highest BCUT2D eigenvalue weighted by molar-refractivity contribution is 5.84. The molecular formula is C14H18N2O4. The van der Waals surface area contributed by atoms with Crippen molar-refractivity contribution < 1.29 is 19.1 Å². The van der Waals surface area contributed by atoms with Crippen LogP contribution in [0.4, 0.5) is 10.5 Å². The molecule has 20 heavy (non-hydrogen) atoms. The summed E-state index contributed by atoms with van der Waals surface area (Å²) in [6.45, 7) is 1.63. The van der Waals surface area contributed by atoms with Crippen molar-refractivity contribution in [3.63, 3.8) is 0 Å². The van der Waals surface area contributed by atoms with Crippen LogP contribution < -0.4 is 10.6 Å². The zero-order valence-corrected chi connectivity index (χ0v) is 11.3. The minimum Gasteiger partial charge on any atom is -0.453 e. The van der Waals surface area contributed by atoms with Gasteiger partial charge >= 0.3 is 6.09 Å². The van der Waals surface area contributed by atoms with E-state index in [0.29, 0.717) is 25.4 Å². The number of hydrogen-bond donors (Lipinski definition) is 2. The molecule has 0 aromatic heterocycles. The minimum absolute atomic E-state index is 0.0271. The van der Waals surface area contributed by atoms with E-state index in [1.807, 2.05) is 12.1 Å². The summed E-state index contributed by atoms with van der Waals surface area (Å²) in [5.41, 5.74) is 1.61. The average Bonchev–Trinajstić information content (AvgIpc) is 3.00. The number of methoxy groups -OCH3 is 1. The monoisotopic (exact) mass is 278 g/mol. The van der Waals surface area contributed by atoms with Crippen molar-refractivity contribution >= 4 is 17.7 Å². The van der Waals surface area contributed by atoms with Gasteiger partial charge in [-0.1, -0.05) is 12.1 Å². The highest BCUT2D eigenvalue weighted by Gasteiger charge is 2.22. The average molecular weight is 278 g/mol. The molecule has 0 aliphatic carbocycles. The SMILES string of the molecule is COC(=O)Nc1ccc(CNC(=O)C2CCOC2)cc1. The number of rotatable bonds is 4. The van der Waals surface area contributed by atoms with E-state index >= 15 is 0 Å². The molecule has 1 unspecified atom stereocenters. The first kappa shape index (κ1) is 14.3. The first-order valence-corrected chi connectivity index (χ1v) is 6.48. The molecule has 1 aliphatic rings. The van der Waals surface area contributed by atoms with Crippen LogP contribution in [0.3, 0.4) is 0 Å². The van der Waals surface area contributed by atoms with Gasteiger partial charge in [-0.15, -0.1) is 0 Å². The van der Waals surface area contributed by atoms with Crippen molar-refractivity contribution in [2.45, 2.75) is 13.0 Å². The van der Waals surface area contributed by atoms with Crippen LogP contribution in [-0.2, 0) is 20.8 Å². The third kappa shape index (κ3) is 3.96. The fourth-order valence-electron chi connectivity index (χ4n) is 1.95. The van der Waals surface area contributed by atoms with Crippen LogP contribution in [0.15, 0.2) is 24.3 Å². The molecule has 2 rings (SSSR count). The Morgan fingerprint density at radius 1 is 1.35 bits per heavy atom. The zero-order valence-electron chi connectivity index (χ0n) is 11.3. The summed E-state index contributed by atoms with van der Waals surface area (Å²) in [6.07, 6.45) is 0.278. The van der Waals surface area contributed by atoms with Gasteiger partial charge < -0.3 is 14.8 Å². The molecule has 0 spiro atoms. The van der Waals surface area contributed by atoms with E-state index in [-0.39, 0.29) is 11.8 Å². The van der Waals surface area contributed by atoms with Crippen LogP contribution >= 0.6 is 0 Å². The Bertz CT molecular complexity index is 467. The molecule has 1 aromatic carbocycles. The van der Waals surface area contributed by atoms with Gasteiger partial charge in [-0.3, -0.25) is 10.1 Å². The number of anilines is 1. The van der Waals surface area contributed by atoms with E-state index in [0.717, 1.165) is 12.0 Å². The van der Waals surface area contributed by atoms with Gasteiger partial charge in [-0.2, -0.15) is 0 Å². The van der Waals surface area contributed by atoms with E-state index in [9.17, 15) is 9.59 Å². The Balaban J connectivity index is 1.81. The van der Waals surface area contributed by atoms with Gasteiger partial charge in [0, 0.05) is 18.8 Å². The summed E-state index contributed by atoms with van der Waals surface area (Å²) >= 11 is 0. The fourth-order valence-corrected chi connectivity index (χ4v) is 1.95. The summed E-state index contributed by atoms with van der Waals surface area (Å²) < 4.78 is 9.68. The Morgan fingerprint density at radius 2 is 2.10 bits per heavy atom. The second-order valence-electron chi connectivity index (χ2n) is 4.59. The molecular weight excluding hydrogens is 260 g/mol. The van der Waals surface area contributed by atoms with Gasteiger partial charge in [-0.05, 0) is 24.1 Å². The molecule has 1 heterocycles. The standard InChI is InChI=1S/C14H18N2O4/c1-19-14(18)16-12-4-2-10(3-5-12)8-15-13(17)11-6-7-20-9-11/h2-5,11H,6-9H2,1H3,(H,15,17)(H,16,18). The van der Waals surface area contributed by atoms with Crippen LogP contribution in [0, 0.1) is 5.92 Å². The normalized spacial score (nSPS) is 17.6. The van der Waals surface area contributed by atoms with Crippen LogP contribution in [0.25, 0.3) is 0 Å². The summed E-state index contributed by atoms with van der Waals surface area (Å²) in [6, 6.07) is 7.21. The Labute approximate surface area is 117 Å². The van der Waals surface area contributed by atoms with Crippen LogP contribution in [0.2, 0.25) is 0 Å². The maximum atomic E-state index is 11.8. The van der Waals surface area contributed by atoms with E-state index in [2.05, 4.69) is 15.4 Å². The van der Waals surface area contributed by atoms with Gasteiger partial charge in [0.05, 0.1) is 19.6 Å². The van der Waals surface area contributed by atoms with Crippen LogP contribution in [0.1, 0.15) is 12.0 Å². The third-order valence-corrected chi connectivity index (χ3v) is 3.15. The molecule has 6 heteroatoms. The van der Waals surface area contributed by atoms with Crippen LogP contribution in [-0.4, -0.2) is 32.3 Å². The van der Waals surface area contributed by atoms with Crippen molar-refractivity contribution in [3.8, 4) is 0 Å². The third-order valence-electron chi connectivity index (χ3n) is 3.15. The lowest BCUT2D eigenvalue weighted by Gasteiger charge is -2.10. The van der Waals surface area contributed by atoms with E-state index in [4.69, 9.17) is 4.74 Å². The topological polar surface area (TPSA) is 76.7 Å². The predicted octanol–water partition coefficient (Wildman–Crippen LogP) is 1.52. The lowest BCUT2D eigenvalue weighted by molar-refractivity contribution is -0.125. The highest BCUT2D eigenvalue weighted by atomic mass is 16.5. The molecule has 108 valence electrons. The van der Waals surface area contributed by atoms with Gasteiger partial charge in [0.15, 0.2) is 0 Å². The maximum Gasteiger partial charge on any atom is 0.411 e. The van der Waals surface area contributed by atoms with E-state index < -0.39 is 6.09 Å². The van der Waals surface area contributed by atoms with Crippen LogP contribution in [0.5, 0.6) is 0 Å². The van der Waals surface area contributed by atoms with Gasteiger partial charge in [0.1, 0.15) is 0 Å². The Hall–Kier alpha value is -2.08. The van der Waals surface area contributed by atoms with Crippen molar-refractivity contribution in [2.24, 2.45) is 5.92 Å². The summed E-state index contributed by atoms with van der Waals surface area (Å²) in [5, 5.41) is 5.44. The first-order valence-electron chi connectivity index (χ1n) is 6.48. The molecule has 1 saturated heterocycles. The number of benzene rings is 1. The minimum atomic E-state index is -0.507. The second-order valence-corrected chi connectivity index (χ2v) is 4.59. The fraction of sp³-hybridized carbons (Fsp3) is 0.429. The number of nitrogens with one attached hydrogen (secondary N) is 2. The number of carbonyl (C=O) groups excluding carboxylic acids is 2. The molecule has 0 radical (unpaired) electrons. The smallest absolute Gasteiger partial charge is 0.411 e. The maximum absolute atomic E-state index is 11.8. The predicted molar refractivity (Wildman–Crippen MR) is 73.2 cm³/mol. The van der Waals surface area contributed by atoms with Crippen molar-refractivity contribution in [2.75, 3.05) is 25.6 Å². The first-order chi connectivity index (χ1) is 9.69. The largest absolute Gasteiger partial charge is 0.453 e. The van der Waals surface area contributed by atoms with Gasteiger partial charge in [0.25, 0.3) is 0 Å².